The van der Waals surface area contributed by atoms with Crippen molar-refractivity contribution in [2.45, 2.75) is 38.0 Å². The molecule has 3 heteroatoms. The van der Waals surface area contributed by atoms with Crippen LogP contribution in [0.4, 0.5) is 0 Å². The fourth-order valence-corrected chi connectivity index (χ4v) is 3.82. The zero-order valence-electron chi connectivity index (χ0n) is 10.5. The van der Waals surface area contributed by atoms with Crippen LogP contribution in [0.1, 0.15) is 37.3 Å². The minimum absolute atomic E-state index is 0.00623. The number of hydrogen-bond acceptors (Lipinski definition) is 2. The van der Waals surface area contributed by atoms with Crippen molar-refractivity contribution in [2.24, 2.45) is 5.92 Å². The first-order valence-corrected chi connectivity index (χ1v) is 7.42. The third kappa shape index (κ3) is 1.80. The summed E-state index contributed by atoms with van der Waals surface area (Å²) in [5.74, 6) is 0.0888. The number of hydrogen-bond donors (Lipinski definition) is 0. The molecule has 2 aliphatic carbocycles. The topological polar surface area (TPSA) is 26.3 Å². The highest BCUT2D eigenvalue weighted by molar-refractivity contribution is 9.10. The quantitative estimate of drug-likeness (QED) is 0.780. The summed E-state index contributed by atoms with van der Waals surface area (Å²) in [5.41, 5.74) is 2.89. The Kier molecular flexibility index (Phi) is 2.97. The number of halogens is 1. The minimum Gasteiger partial charge on any atom is -0.466 e. The smallest absolute Gasteiger partial charge is 0.309 e. The van der Waals surface area contributed by atoms with E-state index in [1.54, 1.807) is 0 Å². The standard InChI is InChI=1S/C15H17BrO2/c1-2-18-14(17)13-9-15(13)7-3-4-10-8-11(16)5-6-12(10)15/h5-6,8,13H,2-4,7,9H2,1H3. The average molecular weight is 309 g/mol. The average Bonchev–Trinajstić information content (AvgIpc) is 3.05. The number of ether oxygens (including phenoxy) is 1. The Bertz CT molecular complexity index is 497. The minimum atomic E-state index is -0.00623. The van der Waals surface area contributed by atoms with Crippen LogP contribution in [0.5, 0.6) is 0 Å². The Morgan fingerprint density at radius 2 is 2.39 bits per heavy atom. The Labute approximate surface area is 116 Å². The third-order valence-corrected chi connectivity index (χ3v) is 4.81. The molecule has 2 nitrogen and oxygen atoms in total. The maximum atomic E-state index is 11.9. The van der Waals surface area contributed by atoms with Gasteiger partial charge in [-0.15, -0.1) is 0 Å². The van der Waals surface area contributed by atoms with Crippen LogP contribution in [-0.4, -0.2) is 12.6 Å². The number of esters is 1. The van der Waals surface area contributed by atoms with E-state index in [1.807, 2.05) is 6.92 Å². The first-order valence-electron chi connectivity index (χ1n) is 6.63. The number of rotatable bonds is 2. The van der Waals surface area contributed by atoms with Crippen LogP contribution in [0.3, 0.4) is 0 Å². The van der Waals surface area contributed by atoms with Crippen molar-refractivity contribution in [3.63, 3.8) is 0 Å². The summed E-state index contributed by atoms with van der Waals surface area (Å²) in [6.07, 6.45) is 4.41. The van der Waals surface area contributed by atoms with E-state index in [1.165, 1.54) is 17.5 Å². The molecule has 0 amide bonds. The number of aryl methyl sites for hydroxylation is 1. The molecular formula is C15H17BrO2. The zero-order chi connectivity index (χ0) is 12.8. The van der Waals surface area contributed by atoms with E-state index in [4.69, 9.17) is 4.74 Å². The Morgan fingerprint density at radius 3 is 3.17 bits per heavy atom. The van der Waals surface area contributed by atoms with Crippen LogP contribution in [-0.2, 0) is 21.4 Å². The van der Waals surface area contributed by atoms with Gasteiger partial charge in [-0.05, 0) is 55.9 Å². The first-order chi connectivity index (χ1) is 8.67. The van der Waals surface area contributed by atoms with Gasteiger partial charge in [0.05, 0.1) is 12.5 Å². The first kappa shape index (κ1) is 12.2. The SMILES string of the molecule is CCOC(=O)C1CC12CCCc1cc(Br)ccc12. The maximum Gasteiger partial charge on any atom is 0.309 e. The highest BCUT2D eigenvalue weighted by atomic mass is 79.9. The van der Waals surface area contributed by atoms with Crippen LogP contribution in [0.2, 0.25) is 0 Å². The fraction of sp³-hybridized carbons (Fsp3) is 0.533. The Hall–Kier alpha value is -0.830. The van der Waals surface area contributed by atoms with E-state index >= 15 is 0 Å². The van der Waals surface area contributed by atoms with Gasteiger partial charge >= 0.3 is 5.97 Å². The van der Waals surface area contributed by atoms with Gasteiger partial charge in [0.15, 0.2) is 0 Å². The van der Waals surface area contributed by atoms with Crippen LogP contribution < -0.4 is 0 Å². The van der Waals surface area contributed by atoms with Crippen molar-refractivity contribution in [1.82, 2.24) is 0 Å². The highest BCUT2D eigenvalue weighted by Crippen LogP contribution is 2.60. The van der Waals surface area contributed by atoms with E-state index in [2.05, 4.69) is 34.1 Å². The molecule has 2 unspecified atom stereocenters. The largest absolute Gasteiger partial charge is 0.466 e. The van der Waals surface area contributed by atoms with Gasteiger partial charge < -0.3 is 4.74 Å². The van der Waals surface area contributed by atoms with E-state index in [0.29, 0.717) is 6.61 Å². The Morgan fingerprint density at radius 1 is 1.56 bits per heavy atom. The molecule has 0 saturated heterocycles. The number of fused-ring (bicyclic) bond motifs is 2. The summed E-state index contributed by atoms with van der Waals surface area (Å²) in [4.78, 5) is 11.9. The molecule has 1 spiro atoms. The molecule has 0 bridgehead atoms. The van der Waals surface area contributed by atoms with Gasteiger partial charge in [-0.2, -0.15) is 0 Å². The summed E-state index contributed by atoms with van der Waals surface area (Å²) in [7, 11) is 0. The lowest BCUT2D eigenvalue weighted by atomic mass is 9.79. The van der Waals surface area contributed by atoms with E-state index in [0.717, 1.165) is 23.7 Å². The third-order valence-electron chi connectivity index (χ3n) is 4.32. The monoisotopic (exact) mass is 308 g/mol. The second-order valence-corrected chi connectivity index (χ2v) is 6.24. The lowest BCUT2D eigenvalue weighted by Crippen LogP contribution is -2.22. The van der Waals surface area contributed by atoms with Gasteiger partial charge in [-0.25, -0.2) is 0 Å². The maximum absolute atomic E-state index is 11.9. The molecule has 0 aromatic heterocycles. The summed E-state index contributed by atoms with van der Waals surface area (Å²) >= 11 is 3.53. The lowest BCUT2D eigenvalue weighted by Gasteiger charge is -2.26. The van der Waals surface area contributed by atoms with Crippen molar-refractivity contribution < 1.29 is 9.53 Å². The van der Waals surface area contributed by atoms with Crippen molar-refractivity contribution in [1.29, 1.82) is 0 Å². The fourth-order valence-electron chi connectivity index (χ4n) is 3.41. The molecule has 0 aliphatic heterocycles. The van der Waals surface area contributed by atoms with Gasteiger partial charge in [0.1, 0.15) is 0 Å². The number of benzene rings is 1. The molecule has 0 heterocycles. The normalized spacial score (nSPS) is 28.9. The van der Waals surface area contributed by atoms with Crippen molar-refractivity contribution >= 4 is 21.9 Å². The second-order valence-electron chi connectivity index (χ2n) is 5.32. The van der Waals surface area contributed by atoms with Gasteiger partial charge in [-0.3, -0.25) is 4.79 Å². The number of carbonyl (C=O) groups is 1. The predicted octanol–water partition coefficient (Wildman–Crippen LogP) is 3.61. The molecule has 2 aliphatic rings. The summed E-state index contributed by atoms with van der Waals surface area (Å²) < 4.78 is 6.32. The van der Waals surface area contributed by atoms with E-state index < -0.39 is 0 Å². The van der Waals surface area contributed by atoms with Crippen molar-refractivity contribution in [3.8, 4) is 0 Å². The van der Waals surface area contributed by atoms with Gasteiger partial charge in [-0.1, -0.05) is 22.0 Å². The molecule has 2 atom stereocenters. The van der Waals surface area contributed by atoms with Gasteiger partial charge in [0.25, 0.3) is 0 Å². The molecule has 18 heavy (non-hydrogen) atoms. The van der Waals surface area contributed by atoms with Gasteiger partial charge in [0.2, 0.25) is 0 Å². The van der Waals surface area contributed by atoms with Crippen molar-refractivity contribution in [3.05, 3.63) is 33.8 Å². The molecular weight excluding hydrogens is 292 g/mol. The molecule has 3 rings (SSSR count). The summed E-state index contributed by atoms with van der Waals surface area (Å²) in [6, 6.07) is 6.49. The second kappa shape index (κ2) is 4.37. The van der Waals surface area contributed by atoms with Crippen LogP contribution in [0.25, 0.3) is 0 Å². The molecule has 1 saturated carbocycles. The molecule has 1 aromatic rings. The Balaban J connectivity index is 1.91. The highest BCUT2D eigenvalue weighted by Gasteiger charge is 2.60. The summed E-state index contributed by atoms with van der Waals surface area (Å²) in [5, 5.41) is 0. The molecule has 0 N–H and O–H groups in total. The van der Waals surface area contributed by atoms with E-state index in [9.17, 15) is 4.79 Å². The number of carbonyl (C=O) groups excluding carboxylic acids is 1. The molecule has 0 radical (unpaired) electrons. The zero-order valence-corrected chi connectivity index (χ0v) is 12.1. The lowest BCUT2D eigenvalue weighted by molar-refractivity contribution is -0.145. The molecule has 96 valence electrons. The molecule has 1 fully saturated rings. The van der Waals surface area contributed by atoms with Crippen LogP contribution in [0, 0.1) is 5.92 Å². The van der Waals surface area contributed by atoms with Crippen molar-refractivity contribution in [2.75, 3.05) is 6.61 Å². The summed E-state index contributed by atoms with van der Waals surface area (Å²) in [6.45, 7) is 2.36. The van der Waals surface area contributed by atoms with Crippen LogP contribution in [0.15, 0.2) is 22.7 Å². The van der Waals surface area contributed by atoms with Gasteiger partial charge in [0, 0.05) is 9.89 Å². The van der Waals surface area contributed by atoms with E-state index in [-0.39, 0.29) is 17.3 Å². The molecule has 1 aromatic carbocycles. The predicted molar refractivity (Wildman–Crippen MR) is 73.5 cm³/mol. The van der Waals surface area contributed by atoms with Crippen LogP contribution >= 0.6 is 15.9 Å².